The second-order valence-electron chi connectivity index (χ2n) is 25.4. The lowest BCUT2D eigenvalue weighted by atomic mass is 10.0. The Morgan fingerprint density at radius 1 is 0.307 bits per heavy atom. The standard InChI is InChI=1S/C69H134O17P2/c1-6-9-12-15-18-19-20-21-22-25-28-31-34-39-43-48-53-67(72)80-59-65(86-69(74)55-50-45-40-35-32-29-26-23-24-27-30-33-38-41-46-51-62(4)5)61-84-88(77,78)82-57-63(70)56-81-87(75,76)83-60-64(85-68(73)54-49-44-37-17-14-11-8-3)58-79-66(71)52-47-42-36-16-13-10-7-2/h62-65,70H,6-61H2,1-5H3,(H,75,76)(H,77,78)/t63-,64+,65+/m0/s1. The first-order valence-electron chi connectivity index (χ1n) is 36.1. The van der Waals surface area contributed by atoms with Gasteiger partial charge in [-0.1, -0.05) is 304 Å². The van der Waals surface area contributed by atoms with Crippen LogP contribution in [-0.4, -0.2) is 96.7 Å². The van der Waals surface area contributed by atoms with E-state index in [-0.39, 0.29) is 25.7 Å². The number of hydrogen-bond donors (Lipinski definition) is 3. The number of aliphatic hydroxyl groups is 1. The predicted molar refractivity (Wildman–Crippen MR) is 354 cm³/mol. The number of aliphatic hydroxyl groups excluding tert-OH is 1. The van der Waals surface area contributed by atoms with Crippen molar-refractivity contribution in [2.75, 3.05) is 39.6 Å². The number of unbranched alkanes of at least 4 members (excludes halogenated alkanes) is 41. The molecule has 88 heavy (non-hydrogen) atoms. The molecule has 0 saturated heterocycles. The molecule has 0 aliphatic heterocycles. The topological polar surface area (TPSA) is 237 Å². The molecule has 0 fully saturated rings. The Balaban J connectivity index is 5.14. The van der Waals surface area contributed by atoms with Crippen molar-refractivity contribution in [3.05, 3.63) is 0 Å². The Hall–Kier alpha value is -1.94. The molecule has 0 amide bonds. The minimum Gasteiger partial charge on any atom is -0.462 e. The van der Waals surface area contributed by atoms with E-state index in [2.05, 4.69) is 34.6 Å². The number of carbonyl (C=O) groups excluding carboxylic acids is 4. The van der Waals surface area contributed by atoms with Gasteiger partial charge in [0.05, 0.1) is 26.4 Å². The van der Waals surface area contributed by atoms with E-state index in [1.807, 2.05) is 0 Å². The van der Waals surface area contributed by atoms with Crippen LogP contribution in [0.5, 0.6) is 0 Å². The summed E-state index contributed by atoms with van der Waals surface area (Å²) in [6, 6.07) is 0. The van der Waals surface area contributed by atoms with Gasteiger partial charge in [-0.15, -0.1) is 0 Å². The lowest BCUT2D eigenvalue weighted by Gasteiger charge is -2.21. The predicted octanol–water partition coefficient (Wildman–Crippen LogP) is 19.7. The molecule has 3 N–H and O–H groups in total. The Labute approximate surface area is 537 Å². The number of phosphoric acid groups is 2. The van der Waals surface area contributed by atoms with Crippen LogP contribution in [0.4, 0.5) is 0 Å². The van der Waals surface area contributed by atoms with Gasteiger partial charge in [0.15, 0.2) is 12.2 Å². The molecule has 0 aromatic carbocycles. The van der Waals surface area contributed by atoms with E-state index in [0.717, 1.165) is 121 Å². The van der Waals surface area contributed by atoms with E-state index < -0.39 is 97.5 Å². The maximum Gasteiger partial charge on any atom is 0.472 e. The summed E-state index contributed by atoms with van der Waals surface area (Å²) in [5.41, 5.74) is 0. The molecule has 0 aromatic rings. The highest BCUT2D eigenvalue weighted by molar-refractivity contribution is 7.47. The minimum absolute atomic E-state index is 0.104. The van der Waals surface area contributed by atoms with Gasteiger partial charge in [0.2, 0.25) is 0 Å². The Kier molecular flexibility index (Phi) is 61.1. The van der Waals surface area contributed by atoms with Crippen LogP contribution >= 0.6 is 15.6 Å². The summed E-state index contributed by atoms with van der Waals surface area (Å²) in [5.74, 6) is -1.33. The van der Waals surface area contributed by atoms with Gasteiger partial charge in [-0.3, -0.25) is 37.3 Å². The highest BCUT2D eigenvalue weighted by Crippen LogP contribution is 2.45. The number of hydrogen-bond acceptors (Lipinski definition) is 15. The molecule has 19 heteroatoms. The molecular formula is C69H134O17P2. The normalized spacial score (nSPS) is 14.1. The van der Waals surface area contributed by atoms with Gasteiger partial charge in [-0.25, -0.2) is 9.13 Å². The number of carbonyl (C=O) groups is 4. The molecule has 522 valence electrons. The average molecular weight is 1300 g/mol. The molecule has 0 aliphatic carbocycles. The lowest BCUT2D eigenvalue weighted by Crippen LogP contribution is -2.30. The van der Waals surface area contributed by atoms with Crippen LogP contribution in [0.25, 0.3) is 0 Å². The summed E-state index contributed by atoms with van der Waals surface area (Å²) in [5, 5.41) is 10.5. The quantitative estimate of drug-likeness (QED) is 0.0222. The van der Waals surface area contributed by atoms with Gasteiger partial charge in [-0.2, -0.15) is 0 Å². The van der Waals surface area contributed by atoms with E-state index in [9.17, 15) is 43.2 Å². The molecule has 0 aliphatic rings. The summed E-state index contributed by atoms with van der Waals surface area (Å²) >= 11 is 0. The van der Waals surface area contributed by atoms with Crippen molar-refractivity contribution in [1.82, 2.24) is 0 Å². The molecular weight excluding hydrogens is 1160 g/mol. The van der Waals surface area contributed by atoms with Crippen molar-refractivity contribution in [2.24, 2.45) is 5.92 Å². The van der Waals surface area contributed by atoms with Crippen LogP contribution in [0.2, 0.25) is 0 Å². The van der Waals surface area contributed by atoms with Crippen molar-refractivity contribution >= 4 is 39.5 Å². The molecule has 0 heterocycles. The van der Waals surface area contributed by atoms with Gasteiger partial charge >= 0.3 is 39.5 Å². The van der Waals surface area contributed by atoms with Gasteiger partial charge in [0.1, 0.15) is 19.3 Å². The third-order valence-electron chi connectivity index (χ3n) is 16.0. The first-order chi connectivity index (χ1) is 42.5. The third-order valence-corrected chi connectivity index (χ3v) is 17.9. The zero-order chi connectivity index (χ0) is 64.9. The third kappa shape index (κ3) is 62.8. The molecule has 2 unspecified atom stereocenters. The zero-order valence-corrected chi connectivity index (χ0v) is 58.6. The van der Waals surface area contributed by atoms with Crippen LogP contribution in [0.15, 0.2) is 0 Å². The maximum absolute atomic E-state index is 13.0. The van der Waals surface area contributed by atoms with Crippen LogP contribution in [0, 0.1) is 5.92 Å². The van der Waals surface area contributed by atoms with E-state index in [1.54, 1.807) is 0 Å². The minimum atomic E-state index is -4.95. The molecule has 0 radical (unpaired) electrons. The summed E-state index contributed by atoms with van der Waals surface area (Å²) in [7, 11) is -9.88. The van der Waals surface area contributed by atoms with Crippen LogP contribution in [-0.2, 0) is 65.4 Å². The van der Waals surface area contributed by atoms with Crippen molar-refractivity contribution in [3.63, 3.8) is 0 Å². The summed E-state index contributed by atoms with van der Waals surface area (Å²) in [6.45, 7) is 7.18. The first kappa shape index (κ1) is 86.1. The molecule has 0 aromatic heterocycles. The molecule has 0 rings (SSSR count). The molecule has 5 atom stereocenters. The van der Waals surface area contributed by atoms with Crippen LogP contribution < -0.4 is 0 Å². The molecule has 17 nitrogen and oxygen atoms in total. The first-order valence-corrected chi connectivity index (χ1v) is 39.1. The molecule has 0 bridgehead atoms. The highest BCUT2D eigenvalue weighted by Gasteiger charge is 2.30. The Morgan fingerprint density at radius 3 is 0.773 bits per heavy atom. The smallest absolute Gasteiger partial charge is 0.462 e. The van der Waals surface area contributed by atoms with Crippen molar-refractivity contribution in [3.8, 4) is 0 Å². The Bertz CT molecular complexity index is 1700. The van der Waals surface area contributed by atoms with Gasteiger partial charge in [-0.05, 0) is 31.6 Å². The van der Waals surface area contributed by atoms with Crippen molar-refractivity contribution in [2.45, 2.75) is 374 Å². The highest BCUT2D eigenvalue weighted by atomic mass is 31.2. The van der Waals surface area contributed by atoms with Crippen LogP contribution in [0.1, 0.15) is 356 Å². The fourth-order valence-electron chi connectivity index (χ4n) is 10.5. The summed E-state index contributed by atoms with van der Waals surface area (Å²) in [4.78, 5) is 72.2. The van der Waals surface area contributed by atoms with Gasteiger partial charge in [0.25, 0.3) is 0 Å². The number of phosphoric ester groups is 2. The van der Waals surface area contributed by atoms with E-state index >= 15 is 0 Å². The second-order valence-corrected chi connectivity index (χ2v) is 28.3. The zero-order valence-electron chi connectivity index (χ0n) is 56.9. The van der Waals surface area contributed by atoms with Crippen molar-refractivity contribution < 1.29 is 80.2 Å². The monoisotopic (exact) mass is 1300 g/mol. The van der Waals surface area contributed by atoms with Gasteiger partial charge < -0.3 is 33.8 Å². The number of esters is 4. The van der Waals surface area contributed by atoms with E-state index in [4.69, 9.17) is 37.0 Å². The fraction of sp³-hybridized carbons (Fsp3) is 0.942. The maximum atomic E-state index is 13.0. The molecule has 0 saturated carbocycles. The largest absolute Gasteiger partial charge is 0.472 e. The van der Waals surface area contributed by atoms with Gasteiger partial charge in [0, 0.05) is 25.7 Å². The van der Waals surface area contributed by atoms with E-state index in [0.29, 0.717) is 25.7 Å². The average Bonchev–Trinajstić information content (AvgIpc) is 3.60. The van der Waals surface area contributed by atoms with Crippen molar-refractivity contribution in [1.29, 1.82) is 0 Å². The summed E-state index contributed by atoms with van der Waals surface area (Å²) in [6.07, 6.45) is 48.9. The van der Waals surface area contributed by atoms with E-state index in [1.165, 1.54) is 154 Å². The summed E-state index contributed by atoms with van der Waals surface area (Å²) < 4.78 is 68.0. The number of rotatable bonds is 69. The SMILES string of the molecule is CCCCCCCCCCCCCCCCCCC(=O)OC[C@H](COP(=O)(O)OC[C@@H](O)COP(=O)(O)OC[C@@H](COC(=O)CCCCCCCCC)OC(=O)CCCCCCCCC)OC(=O)CCCCCCCCCCCCCCCCCC(C)C. The molecule has 0 spiro atoms. The Morgan fingerprint density at radius 2 is 0.523 bits per heavy atom. The number of ether oxygens (including phenoxy) is 4. The fourth-order valence-corrected chi connectivity index (χ4v) is 12.0. The lowest BCUT2D eigenvalue weighted by molar-refractivity contribution is -0.161. The van der Waals surface area contributed by atoms with Crippen LogP contribution in [0.3, 0.4) is 0 Å². The second kappa shape index (κ2) is 62.5.